The van der Waals surface area contributed by atoms with Crippen molar-refractivity contribution in [2.45, 2.75) is 0 Å². The minimum atomic E-state index is 0.357. The monoisotopic (exact) mass is 382 g/mol. The van der Waals surface area contributed by atoms with E-state index in [1.807, 2.05) is 6.07 Å². The van der Waals surface area contributed by atoms with Crippen LogP contribution in [0.3, 0.4) is 0 Å². The van der Waals surface area contributed by atoms with Gasteiger partial charge in [0.15, 0.2) is 0 Å². The van der Waals surface area contributed by atoms with Gasteiger partial charge in [0, 0.05) is 48.5 Å². The van der Waals surface area contributed by atoms with Crippen LogP contribution < -0.4 is 5.73 Å². The highest BCUT2D eigenvalue weighted by Crippen LogP contribution is 2.37. The van der Waals surface area contributed by atoms with Crippen molar-refractivity contribution in [2.24, 2.45) is 0 Å². The van der Waals surface area contributed by atoms with Crippen LogP contribution in [0.15, 0.2) is 48.7 Å². The Kier molecular flexibility index (Phi) is 4.69. The fourth-order valence-corrected chi connectivity index (χ4v) is 3.05. The Morgan fingerprint density at radius 1 is 0.696 bits per heavy atom. The highest BCUT2D eigenvalue weighted by atomic mass is 35.5. The zero-order chi connectivity index (χ0) is 16.6. The fraction of sp³-hybridized carbons (Fsp3) is 0. The number of halogens is 4. The summed E-state index contributed by atoms with van der Waals surface area (Å²) in [5, 5.41) is 2.26. The average Bonchev–Trinajstić information content (AvgIpc) is 2.53. The van der Waals surface area contributed by atoms with Crippen molar-refractivity contribution < 1.29 is 0 Å². The maximum absolute atomic E-state index is 6.27. The number of pyridine rings is 1. The van der Waals surface area contributed by atoms with Gasteiger partial charge in [0.05, 0.1) is 0 Å². The van der Waals surface area contributed by atoms with E-state index in [9.17, 15) is 0 Å². The summed E-state index contributed by atoms with van der Waals surface area (Å²) in [7, 11) is 0. The number of hydrogen-bond acceptors (Lipinski definition) is 2. The first kappa shape index (κ1) is 16.4. The van der Waals surface area contributed by atoms with Crippen LogP contribution in [0.1, 0.15) is 0 Å². The molecule has 0 radical (unpaired) electrons. The lowest BCUT2D eigenvalue weighted by molar-refractivity contribution is 1.33. The van der Waals surface area contributed by atoms with Gasteiger partial charge in [-0.25, -0.2) is 4.98 Å². The third kappa shape index (κ3) is 3.41. The SMILES string of the molecule is Nc1ncc(-c2cc(Cl)ccc2Cl)cc1-c1cc(Cl)ccc1Cl. The van der Waals surface area contributed by atoms with Crippen LogP contribution in [-0.2, 0) is 0 Å². The van der Waals surface area contributed by atoms with Gasteiger partial charge in [-0.05, 0) is 42.5 Å². The zero-order valence-corrected chi connectivity index (χ0v) is 14.7. The molecule has 2 N–H and O–H groups in total. The maximum Gasteiger partial charge on any atom is 0.131 e. The van der Waals surface area contributed by atoms with Gasteiger partial charge in [-0.1, -0.05) is 46.4 Å². The van der Waals surface area contributed by atoms with E-state index in [4.69, 9.17) is 52.1 Å². The molecule has 0 amide bonds. The van der Waals surface area contributed by atoms with E-state index in [1.54, 1.807) is 42.6 Å². The predicted octanol–water partition coefficient (Wildman–Crippen LogP) is 6.61. The molecule has 0 unspecified atom stereocenters. The second-order valence-corrected chi connectivity index (χ2v) is 6.59. The first-order chi connectivity index (χ1) is 11.0. The van der Waals surface area contributed by atoms with Gasteiger partial charge in [-0.3, -0.25) is 0 Å². The van der Waals surface area contributed by atoms with Crippen LogP contribution in [0.5, 0.6) is 0 Å². The highest BCUT2D eigenvalue weighted by molar-refractivity contribution is 6.36. The smallest absolute Gasteiger partial charge is 0.131 e. The third-order valence-electron chi connectivity index (χ3n) is 3.38. The van der Waals surface area contributed by atoms with Crippen LogP contribution in [0, 0.1) is 0 Å². The molecule has 0 fully saturated rings. The van der Waals surface area contributed by atoms with Crippen molar-refractivity contribution in [1.29, 1.82) is 0 Å². The molecule has 3 rings (SSSR count). The first-order valence-electron chi connectivity index (χ1n) is 6.62. The van der Waals surface area contributed by atoms with E-state index >= 15 is 0 Å². The molecule has 0 spiro atoms. The van der Waals surface area contributed by atoms with E-state index in [1.165, 1.54) is 0 Å². The summed E-state index contributed by atoms with van der Waals surface area (Å²) in [4.78, 5) is 4.25. The van der Waals surface area contributed by atoms with Gasteiger partial charge in [0.2, 0.25) is 0 Å². The Hall–Kier alpha value is -1.45. The summed E-state index contributed by atoms with van der Waals surface area (Å²) >= 11 is 24.7. The van der Waals surface area contributed by atoms with Crippen molar-refractivity contribution in [3.05, 3.63) is 68.8 Å². The minimum absolute atomic E-state index is 0.357. The summed E-state index contributed by atoms with van der Waals surface area (Å²) in [6.45, 7) is 0. The molecule has 1 heterocycles. The molecule has 0 aliphatic carbocycles. The highest BCUT2D eigenvalue weighted by Gasteiger charge is 2.13. The first-order valence-corrected chi connectivity index (χ1v) is 8.13. The molecule has 0 saturated carbocycles. The number of nitrogens with two attached hydrogens (primary N) is 1. The summed E-state index contributed by atoms with van der Waals surface area (Å²) in [6.07, 6.45) is 1.65. The van der Waals surface area contributed by atoms with Crippen LogP contribution in [0.2, 0.25) is 20.1 Å². The van der Waals surface area contributed by atoms with Crippen molar-refractivity contribution in [1.82, 2.24) is 4.98 Å². The molecular weight excluding hydrogens is 374 g/mol. The lowest BCUT2D eigenvalue weighted by atomic mass is 10.0. The van der Waals surface area contributed by atoms with E-state index in [2.05, 4.69) is 4.98 Å². The number of nitrogens with zero attached hydrogens (tertiary/aromatic N) is 1. The van der Waals surface area contributed by atoms with E-state index < -0.39 is 0 Å². The fourth-order valence-electron chi connectivity index (χ4n) is 2.26. The van der Waals surface area contributed by atoms with Crippen LogP contribution in [0.25, 0.3) is 22.3 Å². The zero-order valence-electron chi connectivity index (χ0n) is 11.7. The normalized spacial score (nSPS) is 10.8. The Morgan fingerprint density at radius 3 is 1.91 bits per heavy atom. The second-order valence-electron chi connectivity index (χ2n) is 4.91. The van der Waals surface area contributed by atoms with Gasteiger partial charge in [-0.2, -0.15) is 0 Å². The van der Waals surface area contributed by atoms with Gasteiger partial charge in [0.1, 0.15) is 5.82 Å². The summed E-state index contributed by atoms with van der Waals surface area (Å²) in [5.74, 6) is 0.357. The quantitative estimate of drug-likeness (QED) is 0.540. The van der Waals surface area contributed by atoms with Gasteiger partial charge in [0.25, 0.3) is 0 Å². The molecule has 0 bridgehead atoms. The Balaban J connectivity index is 2.20. The summed E-state index contributed by atoms with van der Waals surface area (Å²) in [6, 6.07) is 12.3. The molecule has 23 heavy (non-hydrogen) atoms. The van der Waals surface area contributed by atoms with Crippen molar-refractivity contribution >= 4 is 52.2 Å². The molecule has 0 aliphatic rings. The number of anilines is 1. The van der Waals surface area contributed by atoms with Gasteiger partial charge >= 0.3 is 0 Å². The van der Waals surface area contributed by atoms with E-state index in [-0.39, 0.29) is 0 Å². The molecule has 6 heteroatoms. The lowest BCUT2D eigenvalue weighted by Crippen LogP contribution is -1.96. The lowest BCUT2D eigenvalue weighted by Gasteiger charge is -2.11. The molecule has 3 aromatic rings. The van der Waals surface area contributed by atoms with E-state index in [0.717, 1.165) is 11.1 Å². The Labute approximate surface area is 153 Å². The van der Waals surface area contributed by atoms with Crippen LogP contribution >= 0.6 is 46.4 Å². The van der Waals surface area contributed by atoms with Crippen molar-refractivity contribution in [2.75, 3.05) is 5.73 Å². The Bertz CT molecular complexity index is 894. The average molecular weight is 384 g/mol. The summed E-state index contributed by atoms with van der Waals surface area (Å²) < 4.78 is 0. The number of nitrogen functional groups attached to an aromatic ring is 1. The molecule has 1 aromatic heterocycles. The molecule has 116 valence electrons. The molecule has 0 aliphatic heterocycles. The second kappa shape index (κ2) is 6.58. The Morgan fingerprint density at radius 2 is 1.26 bits per heavy atom. The summed E-state index contributed by atoms with van der Waals surface area (Å²) in [5.41, 5.74) is 8.97. The number of hydrogen-bond donors (Lipinski definition) is 1. The van der Waals surface area contributed by atoms with Gasteiger partial charge in [-0.15, -0.1) is 0 Å². The molecule has 0 saturated heterocycles. The molecule has 2 aromatic carbocycles. The topological polar surface area (TPSA) is 38.9 Å². The number of rotatable bonds is 2. The number of aromatic nitrogens is 1. The third-order valence-corrected chi connectivity index (χ3v) is 4.51. The maximum atomic E-state index is 6.27. The van der Waals surface area contributed by atoms with E-state index in [0.29, 0.717) is 37.0 Å². The van der Waals surface area contributed by atoms with Crippen LogP contribution in [-0.4, -0.2) is 4.98 Å². The number of benzene rings is 2. The molecular formula is C17H10Cl4N2. The minimum Gasteiger partial charge on any atom is -0.383 e. The standard InChI is InChI=1S/C17H10Cl4N2/c18-10-1-3-15(20)12(6-10)9-5-14(17(22)23-8-9)13-7-11(19)2-4-16(13)21/h1-8H,(H2,22,23). The van der Waals surface area contributed by atoms with Crippen molar-refractivity contribution in [3.8, 4) is 22.3 Å². The van der Waals surface area contributed by atoms with Crippen LogP contribution in [0.4, 0.5) is 5.82 Å². The predicted molar refractivity (Wildman–Crippen MR) is 99.6 cm³/mol. The van der Waals surface area contributed by atoms with Gasteiger partial charge < -0.3 is 5.73 Å². The molecule has 0 atom stereocenters. The van der Waals surface area contributed by atoms with Crippen molar-refractivity contribution in [3.63, 3.8) is 0 Å². The largest absolute Gasteiger partial charge is 0.383 e. The molecule has 2 nitrogen and oxygen atoms in total.